The average Bonchev–Trinajstić information content (AvgIpc) is 3.13. The monoisotopic (exact) mass is 398 g/mol. The summed E-state index contributed by atoms with van der Waals surface area (Å²) in [5.74, 6) is 0.778. The van der Waals surface area contributed by atoms with E-state index in [1.807, 2.05) is 34.9 Å². The number of imidazole rings is 1. The molecule has 4 rings (SSSR count). The second-order valence-electron chi connectivity index (χ2n) is 6.01. The zero-order valence-electron chi connectivity index (χ0n) is 16.2. The predicted molar refractivity (Wildman–Crippen MR) is 120 cm³/mol. The first-order valence-corrected chi connectivity index (χ1v) is 8.95. The van der Waals surface area contributed by atoms with Gasteiger partial charge in [0.25, 0.3) is 0 Å². The Labute approximate surface area is 173 Å². The summed E-state index contributed by atoms with van der Waals surface area (Å²) in [4.78, 5) is 17.6. The molecule has 148 valence electrons. The summed E-state index contributed by atoms with van der Waals surface area (Å²) >= 11 is 0. The van der Waals surface area contributed by atoms with Gasteiger partial charge in [-0.1, -0.05) is 31.4 Å². The highest BCUT2D eigenvalue weighted by atomic mass is 19.1. The van der Waals surface area contributed by atoms with E-state index < -0.39 is 0 Å². The van der Waals surface area contributed by atoms with Crippen molar-refractivity contribution in [2.75, 3.05) is 0 Å². The molecular weight excluding hydrogens is 379 g/mol. The fourth-order valence-corrected chi connectivity index (χ4v) is 2.99. The summed E-state index contributed by atoms with van der Waals surface area (Å²) in [5.41, 5.74) is 3.36. The molecule has 1 aliphatic rings. The normalized spacial score (nSPS) is 15.6. The van der Waals surface area contributed by atoms with Gasteiger partial charge in [-0.15, -0.1) is 12.8 Å². The van der Waals surface area contributed by atoms with Gasteiger partial charge >= 0.3 is 0 Å². The first-order valence-electron chi connectivity index (χ1n) is 8.95. The maximum Gasteiger partial charge on any atom is 0.177 e. The van der Waals surface area contributed by atoms with Gasteiger partial charge in [-0.25, -0.2) is 14.4 Å². The number of hydrogen-bond acceptors (Lipinski definition) is 4. The average molecular weight is 398 g/mol. The van der Waals surface area contributed by atoms with E-state index in [9.17, 15) is 4.39 Å². The number of rotatable bonds is 4. The fraction of sp³-hybridized carbons (Fsp3) is 0.0435. The van der Waals surface area contributed by atoms with Crippen molar-refractivity contribution in [2.24, 2.45) is 15.0 Å². The molecule has 0 aliphatic carbocycles. The third-order valence-corrected chi connectivity index (χ3v) is 4.21. The van der Waals surface area contributed by atoms with Crippen molar-refractivity contribution in [1.82, 2.24) is 14.9 Å². The molecule has 3 aromatic rings. The number of aromatic nitrogens is 2. The van der Waals surface area contributed by atoms with E-state index in [1.54, 1.807) is 6.07 Å². The van der Waals surface area contributed by atoms with Gasteiger partial charge < -0.3 is 5.32 Å². The van der Waals surface area contributed by atoms with E-state index in [0.717, 1.165) is 5.69 Å². The number of aliphatic imine (C=N–C) groups is 3. The predicted octanol–water partition coefficient (Wildman–Crippen LogP) is 4.04. The van der Waals surface area contributed by atoms with Crippen molar-refractivity contribution in [3.63, 3.8) is 0 Å². The minimum Gasteiger partial charge on any atom is -0.345 e. The van der Waals surface area contributed by atoms with Gasteiger partial charge in [0, 0.05) is 18.0 Å². The van der Waals surface area contributed by atoms with E-state index in [1.165, 1.54) is 24.7 Å². The number of hydrogen-bond donors (Lipinski definition) is 1. The van der Waals surface area contributed by atoms with E-state index in [2.05, 4.69) is 51.3 Å². The lowest BCUT2D eigenvalue weighted by Crippen LogP contribution is -2.30. The van der Waals surface area contributed by atoms with E-state index in [0.29, 0.717) is 34.1 Å². The molecule has 0 radical (unpaired) electrons. The van der Waals surface area contributed by atoms with Crippen molar-refractivity contribution in [3.8, 4) is 18.5 Å². The van der Waals surface area contributed by atoms with Gasteiger partial charge in [-0.3, -0.25) is 14.6 Å². The van der Waals surface area contributed by atoms with Crippen molar-refractivity contribution < 1.29 is 4.39 Å². The first kappa shape index (κ1) is 20.4. The van der Waals surface area contributed by atoms with Crippen LogP contribution in [0.2, 0.25) is 0 Å². The molecule has 1 N–H and O–H groups in total. The van der Waals surface area contributed by atoms with Crippen LogP contribution in [0.5, 0.6) is 0 Å². The van der Waals surface area contributed by atoms with Crippen LogP contribution in [0, 0.1) is 18.7 Å². The molecule has 6 nitrogen and oxygen atoms in total. The van der Waals surface area contributed by atoms with Crippen LogP contribution in [0.1, 0.15) is 5.82 Å². The van der Waals surface area contributed by atoms with Crippen LogP contribution in [0.15, 0.2) is 88.6 Å². The van der Waals surface area contributed by atoms with Crippen molar-refractivity contribution in [3.05, 3.63) is 85.2 Å². The molecule has 0 bridgehead atoms. The molecule has 0 unspecified atom stereocenters. The molecular formula is C23H19FN6. The Balaban J connectivity index is 0.00000124. The van der Waals surface area contributed by atoms with E-state index >= 15 is 0 Å². The number of halogens is 1. The summed E-state index contributed by atoms with van der Waals surface area (Å²) in [7, 11) is 0. The molecule has 1 aromatic heterocycles. The fourth-order valence-electron chi connectivity index (χ4n) is 2.99. The number of nitrogens with one attached hydrogen (secondary N) is 1. The highest BCUT2D eigenvalue weighted by Crippen LogP contribution is 2.23. The van der Waals surface area contributed by atoms with Crippen LogP contribution in [0.3, 0.4) is 0 Å². The summed E-state index contributed by atoms with van der Waals surface area (Å²) in [6, 6.07) is 14.2. The summed E-state index contributed by atoms with van der Waals surface area (Å²) in [6.07, 6.45) is 10.9. The first-order chi connectivity index (χ1) is 14.7. The Morgan fingerprint density at radius 2 is 1.93 bits per heavy atom. The highest BCUT2D eigenvalue weighted by Gasteiger charge is 2.17. The molecule has 7 heteroatoms. The minimum absolute atomic E-state index is 0.237. The van der Waals surface area contributed by atoms with Crippen LogP contribution in [0.4, 0.5) is 4.39 Å². The van der Waals surface area contributed by atoms with Crippen molar-refractivity contribution in [2.45, 2.75) is 6.54 Å². The Kier molecular flexibility index (Phi) is 6.30. The number of benzene rings is 2. The van der Waals surface area contributed by atoms with Gasteiger partial charge in [0.15, 0.2) is 5.84 Å². The quantitative estimate of drug-likeness (QED) is 0.674. The van der Waals surface area contributed by atoms with E-state index in [-0.39, 0.29) is 12.4 Å². The molecule has 30 heavy (non-hydrogen) atoms. The maximum atomic E-state index is 13.9. The molecule has 0 fully saturated rings. The Hall–Kier alpha value is -4.31. The van der Waals surface area contributed by atoms with Gasteiger partial charge in [0.05, 0.1) is 29.6 Å². The Morgan fingerprint density at radius 3 is 2.67 bits per heavy atom. The smallest absolute Gasteiger partial charge is 0.177 e. The summed E-state index contributed by atoms with van der Waals surface area (Å²) in [6.45, 7) is 7.76. The van der Waals surface area contributed by atoms with Crippen molar-refractivity contribution in [1.29, 1.82) is 0 Å². The van der Waals surface area contributed by atoms with Crippen molar-refractivity contribution >= 4 is 28.9 Å². The second-order valence-corrected chi connectivity index (χ2v) is 6.01. The zero-order chi connectivity index (χ0) is 21.5. The van der Waals surface area contributed by atoms with Crippen LogP contribution in [0.25, 0.3) is 16.7 Å². The number of amidine groups is 1. The van der Waals surface area contributed by atoms with E-state index in [4.69, 9.17) is 0 Å². The lowest BCUT2D eigenvalue weighted by molar-refractivity contribution is 0.629. The largest absolute Gasteiger partial charge is 0.345 e. The van der Waals surface area contributed by atoms with Crippen LogP contribution < -0.4 is 5.32 Å². The second kappa shape index (κ2) is 9.26. The third kappa shape index (κ3) is 4.08. The topological polar surface area (TPSA) is 66.9 Å². The lowest BCUT2D eigenvalue weighted by Gasteiger charge is -2.13. The number of nitrogens with zero attached hydrogens (tertiary/aromatic N) is 5. The summed E-state index contributed by atoms with van der Waals surface area (Å²) < 4.78 is 15.8. The van der Waals surface area contributed by atoms with Crippen LogP contribution in [-0.4, -0.2) is 27.4 Å². The Bertz CT molecular complexity index is 1200. The minimum atomic E-state index is -0.317. The molecule has 0 atom stereocenters. The third-order valence-electron chi connectivity index (χ3n) is 4.21. The number of para-hydroxylation sites is 1. The SMILES string of the molecule is C#C.C=CN=C1C(=C)NC=NC1=NCc1nc2ccc(F)cc2n1-c1ccccc1. The highest BCUT2D eigenvalue weighted by molar-refractivity contribution is 6.49. The molecule has 1 aliphatic heterocycles. The van der Waals surface area contributed by atoms with Gasteiger partial charge in [0.2, 0.25) is 0 Å². The van der Waals surface area contributed by atoms with Gasteiger partial charge in [-0.05, 0) is 24.3 Å². The van der Waals surface area contributed by atoms with Gasteiger partial charge in [0.1, 0.15) is 17.4 Å². The van der Waals surface area contributed by atoms with Crippen LogP contribution in [-0.2, 0) is 6.54 Å². The summed E-state index contributed by atoms with van der Waals surface area (Å²) in [5, 5.41) is 2.90. The molecule has 2 aromatic carbocycles. The number of fused-ring (bicyclic) bond motifs is 1. The molecule has 0 spiro atoms. The lowest BCUT2D eigenvalue weighted by atomic mass is 10.2. The molecule has 0 amide bonds. The number of terminal acetylenes is 1. The molecule has 2 heterocycles. The zero-order valence-corrected chi connectivity index (χ0v) is 16.2. The molecule has 0 saturated heterocycles. The maximum absolute atomic E-state index is 13.9. The molecule has 0 saturated carbocycles. The van der Waals surface area contributed by atoms with Crippen LogP contribution >= 0.6 is 0 Å². The Morgan fingerprint density at radius 1 is 1.17 bits per heavy atom. The van der Waals surface area contributed by atoms with Gasteiger partial charge in [-0.2, -0.15) is 0 Å². The standard InChI is InChI=1S/C21H17FN6.C2H2/c1-3-23-20-14(2)25-13-26-21(20)24-12-19-27-17-10-9-15(22)11-18(17)28(19)16-7-5-4-6-8-16;1-2/h3-11,13H,1-2,12H2,(H,24,25,26);1-2H.